The zero-order valence-corrected chi connectivity index (χ0v) is 13.6. The van der Waals surface area contributed by atoms with Crippen molar-refractivity contribution in [3.8, 4) is 0 Å². The Labute approximate surface area is 128 Å². The van der Waals surface area contributed by atoms with Gasteiger partial charge in [0, 0.05) is 38.6 Å². The Bertz CT molecular complexity index is 374. The second-order valence-electron chi connectivity index (χ2n) is 5.40. The summed E-state index contributed by atoms with van der Waals surface area (Å²) in [4.78, 5) is 4.51. The van der Waals surface area contributed by atoms with Crippen LogP contribution < -0.4 is 10.6 Å². The summed E-state index contributed by atoms with van der Waals surface area (Å²) in [6, 6.07) is 4.07. The van der Waals surface area contributed by atoms with E-state index in [4.69, 9.17) is 4.74 Å². The van der Waals surface area contributed by atoms with Crippen LogP contribution in [0.1, 0.15) is 27.2 Å². The normalized spacial score (nSPS) is 11.9. The molecule has 0 atom stereocenters. The molecule has 0 bridgehead atoms. The summed E-state index contributed by atoms with van der Waals surface area (Å²) in [5.41, 5.74) is 0. The third-order valence-corrected chi connectivity index (χ3v) is 3.02. The smallest absolute Gasteiger partial charge is 0.191 e. The maximum atomic E-state index is 5.57. The Hall–Kier alpha value is -1.49. The van der Waals surface area contributed by atoms with E-state index in [-0.39, 0.29) is 0 Å². The van der Waals surface area contributed by atoms with Crippen molar-refractivity contribution in [2.75, 3.05) is 32.8 Å². The van der Waals surface area contributed by atoms with Crippen LogP contribution in [-0.4, -0.2) is 43.4 Å². The molecule has 0 aliphatic rings. The van der Waals surface area contributed by atoms with E-state index in [0.717, 1.165) is 38.6 Å². The molecule has 0 fully saturated rings. The molecule has 0 aliphatic heterocycles. The first-order chi connectivity index (χ1) is 10.2. The molecule has 5 nitrogen and oxygen atoms in total. The highest BCUT2D eigenvalue weighted by molar-refractivity contribution is 5.79. The second-order valence-corrected chi connectivity index (χ2v) is 5.40. The molecule has 5 heteroatoms. The van der Waals surface area contributed by atoms with Gasteiger partial charge in [0.05, 0.1) is 13.2 Å². The van der Waals surface area contributed by atoms with E-state index in [0.29, 0.717) is 19.1 Å². The van der Waals surface area contributed by atoms with Crippen LogP contribution >= 0.6 is 0 Å². The molecular weight excluding hydrogens is 264 g/mol. The maximum Gasteiger partial charge on any atom is 0.191 e. The number of nitrogens with zero attached hydrogens (tertiary/aromatic N) is 2. The van der Waals surface area contributed by atoms with E-state index < -0.39 is 0 Å². The zero-order valence-electron chi connectivity index (χ0n) is 13.6. The van der Waals surface area contributed by atoms with Crippen molar-refractivity contribution in [2.45, 2.75) is 33.7 Å². The molecule has 0 radical (unpaired) electrons. The minimum Gasteiger partial charge on any atom is -0.380 e. The van der Waals surface area contributed by atoms with Crippen LogP contribution in [0.25, 0.3) is 0 Å². The van der Waals surface area contributed by atoms with E-state index in [9.17, 15) is 0 Å². The molecule has 1 rings (SSSR count). The Kier molecular flexibility index (Phi) is 9.37. The highest BCUT2D eigenvalue weighted by Crippen LogP contribution is 1.98. The molecule has 0 aliphatic carbocycles. The summed E-state index contributed by atoms with van der Waals surface area (Å²) >= 11 is 0. The summed E-state index contributed by atoms with van der Waals surface area (Å²) < 4.78 is 7.71. The summed E-state index contributed by atoms with van der Waals surface area (Å²) in [6.07, 6.45) is 5.24. The maximum absolute atomic E-state index is 5.57. The molecule has 0 saturated heterocycles. The molecule has 1 aromatic rings. The van der Waals surface area contributed by atoms with Gasteiger partial charge in [0.2, 0.25) is 0 Å². The van der Waals surface area contributed by atoms with Gasteiger partial charge in [-0.25, -0.2) is 0 Å². The average Bonchev–Trinajstić information content (AvgIpc) is 2.95. The predicted molar refractivity (Wildman–Crippen MR) is 88.7 cm³/mol. The van der Waals surface area contributed by atoms with E-state index in [2.05, 4.69) is 53.4 Å². The SMILES string of the molecule is CCNC(=NCCOCCC(C)C)NCCn1cccc1. The number of aliphatic imine (C=N–C) groups is 1. The van der Waals surface area contributed by atoms with E-state index in [1.807, 2.05) is 12.1 Å². The van der Waals surface area contributed by atoms with Gasteiger partial charge in [-0.15, -0.1) is 0 Å². The predicted octanol–water partition coefficient (Wildman–Crippen LogP) is 2.11. The van der Waals surface area contributed by atoms with Crippen molar-refractivity contribution in [3.63, 3.8) is 0 Å². The number of ether oxygens (including phenoxy) is 1. The Morgan fingerprint density at radius 3 is 2.62 bits per heavy atom. The van der Waals surface area contributed by atoms with Gasteiger partial charge in [0.15, 0.2) is 5.96 Å². The number of hydrogen-bond acceptors (Lipinski definition) is 2. The molecule has 2 N–H and O–H groups in total. The summed E-state index contributed by atoms with van der Waals surface area (Å²) in [5, 5.41) is 6.58. The number of nitrogens with one attached hydrogen (secondary N) is 2. The molecule has 0 unspecified atom stereocenters. The van der Waals surface area contributed by atoms with E-state index in [1.54, 1.807) is 0 Å². The van der Waals surface area contributed by atoms with Crippen LogP contribution in [0.15, 0.2) is 29.5 Å². The van der Waals surface area contributed by atoms with Gasteiger partial charge in [0.1, 0.15) is 0 Å². The number of hydrogen-bond donors (Lipinski definition) is 2. The summed E-state index contributed by atoms with van der Waals surface area (Å²) in [6.45, 7) is 11.3. The molecule has 0 saturated carbocycles. The highest BCUT2D eigenvalue weighted by Gasteiger charge is 1.97. The molecule has 21 heavy (non-hydrogen) atoms. The lowest BCUT2D eigenvalue weighted by Gasteiger charge is -2.12. The van der Waals surface area contributed by atoms with Crippen molar-refractivity contribution in [3.05, 3.63) is 24.5 Å². The third-order valence-electron chi connectivity index (χ3n) is 3.02. The molecule has 1 heterocycles. The number of guanidine groups is 1. The van der Waals surface area contributed by atoms with Gasteiger partial charge in [-0.1, -0.05) is 13.8 Å². The van der Waals surface area contributed by atoms with Gasteiger partial charge in [0.25, 0.3) is 0 Å². The average molecular weight is 294 g/mol. The van der Waals surface area contributed by atoms with E-state index in [1.165, 1.54) is 0 Å². The quantitative estimate of drug-likeness (QED) is 0.395. The van der Waals surface area contributed by atoms with Gasteiger partial charge < -0.3 is 19.9 Å². The molecule has 1 aromatic heterocycles. The Balaban J connectivity index is 2.16. The van der Waals surface area contributed by atoms with Crippen molar-refractivity contribution in [2.24, 2.45) is 10.9 Å². The lowest BCUT2D eigenvalue weighted by molar-refractivity contribution is 0.130. The van der Waals surface area contributed by atoms with Gasteiger partial charge in [-0.2, -0.15) is 0 Å². The third kappa shape index (κ3) is 9.13. The van der Waals surface area contributed by atoms with Crippen molar-refractivity contribution < 1.29 is 4.74 Å². The van der Waals surface area contributed by atoms with Crippen LogP contribution in [0.5, 0.6) is 0 Å². The van der Waals surface area contributed by atoms with Crippen LogP contribution in [0.4, 0.5) is 0 Å². The molecule has 0 spiro atoms. The summed E-state index contributed by atoms with van der Waals surface area (Å²) in [5.74, 6) is 1.55. The zero-order chi connectivity index (χ0) is 15.3. The van der Waals surface area contributed by atoms with Crippen molar-refractivity contribution in [1.29, 1.82) is 0 Å². The van der Waals surface area contributed by atoms with Gasteiger partial charge in [-0.05, 0) is 31.4 Å². The van der Waals surface area contributed by atoms with Crippen LogP contribution in [0.2, 0.25) is 0 Å². The second kappa shape index (κ2) is 11.2. The van der Waals surface area contributed by atoms with Gasteiger partial charge >= 0.3 is 0 Å². The van der Waals surface area contributed by atoms with Gasteiger partial charge in [-0.3, -0.25) is 4.99 Å². The van der Waals surface area contributed by atoms with Crippen LogP contribution in [0.3, 0.4) is 0 Å². The minimum absolute atomic E-state index is 0.681. The first-order valence-corrected chi connectivity index (χ1v) is 7.93. The van der Waals surface area contributed by atoms with Crippen molar-refractivity contribution >= 4 is 5.96 Å². The fraction of sp³-hybridized carbons (Fsp3) is 0.688. The monoisotopic (exact) mass is 294 g/mol. The minimum atomic E-state index is 0.681. The highest BCUT2D eigenvalue weighted by atomic mass is 16.5. The topological polar surface area (TPSA) is 50.6 Å². The fourth-order valence-corrected chi connectivity index (χ4v) is 1.81. The largest absolute Gasteiger partial charge is 0.380 e. The number of rotatable bonds is 10. The molecule has 0 aromatic carbocycles. The first kappa shape index (κ1) is 17.6. The first-order valence-electron chi connectivity index (χ1n) is 7.93. The molecule has 120 valence electrons. The fourth-order valence-electron chi connectivity index (χ4n) is 1.81. The van der Waals surface area contributed by atoms with E-state index >= 15 is 0 Å². The summed E-state index contributed by atoms with van der Waals surface area (Å²) in [7, 11) is 0. The lowest BCUT2D eigenvalue weighted by atomic mass is 10.1. The number of aromatic nitrogens is 1. The lowest BCUT2D eigenvalue weighted by Crippen LogP contribution is -2.39. The Morgan fingerprint density at radius 2 is 1.95 bits per heavy atom. The van der Waals surface area contributed by atoms with Crippen LogP contribution in [0, 0.1) is 5.92 Å². The standard InChI is InChI=1S/C16H30N4O/c1-4-17-16(18-8-12-20-10-5-6-11-20)19-9-14-21-13-7-15(2)3/h5-6,10-11,15H,4,7-9,12-14H2,1-3H3,(H2,17,18,19). The Morgan fingerprint density at radius 1 is 1.19 bits per heavy atom. The molecular formula is C16H30N4O. The van der Waals surface area contributed by atoms with Crippen LogP contribution in [-0.2, 0) is 11.3 Å². The molecule has 0 amide bonds. The van der Waals surface area contributed by atoms with Crippen molar-refractivity contribution in [1.82, 2.24) is 15.2 Å².